The standard InChI is InChI=1S/C6H7BO4S/c1-11-6(8)5-2-4(3-12-5)7(9)10/h2-3,9-10H,1H3. The summed E-state index contributed by atoms with van der Waals surface area (Å²) in [5.74, 6) is -0.466. The third kappa shape index (κ3) is 1.85. The number of thiophene rings is 1. The molecule has 0 radical (unpaired) electrons. The van der Waals surface area contributed by atoms with E-state index < -0.39 is 13.1 Å². The van der Waals surface area contributed by atoms with Crippen molar-refractivity contribution in [1.29, 1.82) is 0 Å². The number of hydrogen-bond donors (Lipinski definition) is 2. The normalized spacial score (nSPS) is 9.58. The van der Waals surface area contributed by atoms with Gasteiger partial charge in [-0.15, -0.1) is 11.3 Å². The van der Waals surface area contributed by atoms with Crippen molar-refractivity contribution in [3.05, 3.63) is 16.3 Å². The predicted octanol–water partition coefficient (Wildman–Crippen LogP) is -0.786. The Morgan fingerprint density at radius 3 is 2.75 bits per heavy atom. The van der Waals surface area contributed by atoms with Gasteiger partial charge >= 0.3 is 13.1 Å². The van der Waals surface area contributed by atoms with Crippen LogP contribution in [0.2, 0.25) is 0 Å². The van der Waals surface area contributed by atoms with Crippen LogP contribution in [0.25, 0.3) is 0 Å². The topological polar surface area (TPSA) is 66.8 Å². The maximum atomic E-state index is 10.9. The number of hydrogen-bond acceptors (Lipinski definition) is 5. The zero-order chi connectivity index (χ0) is 9.14. The molecule has 0 amide bonds. The first kappa shape index (κ1) is 9.24. The van der Waals surface area contributed by atoms with Crippen LogP contribution in [0.5, 0.6) is 0 Å². The molecular weight excluding hydrogens is 179 g/mol. The van der Waals surface area contributed by atoms with Gasteiger partial charge in [0.1, 0.15) is 4.88 Å². The van der Waals surface area contributed by atoms with E-state index in [1.54, 1.807) is 0 Å². The highest BCUT2D eigenvalue weighted by Gasteiger charge is 2.16. The summed E-state index contributed by atoms with van der Waals surface area (Å²) in [6.45, 7) is 0. The summed E-state index contributed by atoms with van der Waals surface area (Å²) in [7, 11) is -0.253. The van der Waals surface area contributed by atoms with Crippen LogP contribution in [-0.4, -0.2) is 30.2 Å². The Bertz CT molecular complexity index is 283. The van der Waals surface area contributed by atoms with Gasteiger partial charge in [0.15, 0.2) is 0 Å². The van der Waals surface area contributed by atoms with Crippen molar-refractivity contribution in [2.45, 2.75) is 0 Å². The van der Waals surface area contributed by atoms with Crippen LogP contribution < -0.4 is 5.46 Å². The molecule has 2 N–H and O–H groups in total. The number of methoxy groups -OCH3 is 1. The van der Waals surface area contributed by atoms with Gasteiger partial charge in [0.05, 0.1) is 7.11 Å². The fraction of sp³-hybridized carbons (Fsp3) is 0.167. The Hall–Kier alpha value is -0.845. The number of carbonyl (C=O) groups excluding carboxylic acids is 1. The molecule has 0 saturated carbocycles. The zero-order valence-electron chi connectivity index (χ0n) is 6.35. The average Bonchev–Trinajstić information content (AvgIpc) is 2.51. The van der Waals surface area contributed by atoms with Crippen molar-refractivity contribution in [3.8, 4) is 0 Å². The van der Waals surface area contributed by atoms with Crippen molar-refractivity contribution < 1.29 is 19.6 Å². The summed E-state index contributed by atoms with van der Waals surface area (Å²) in [6.07, 6.45) is 0. The minimum atomic E-state index is -1.53. The molecule has 12 heavy (non-hydrogen) atoms. The van der Waals surface area contributed by atoms with E-state index in [1.807, 2.05) is 0 Å². The van der Waals surface area contributed by atoms with Crippen molar-refractivity contribution in [2.24, 2.45) is 0 Å². The monoisotopic (exact) mass is 186 g/mol. The maximum absolute atomic E-state index is 10.9. The highest BCUT2D eigenvalue weighted by atomic mass is 32.1. The summed E-state index contributed by atoms with van der Waals surface area (Å²) in [6, 6.07) is 1.39. The molecule has 1 aromatic rings. The van der Waals surface area contributed by atoms with E-state index in [2.05, 4.69) is 4.74 Å². The molecule has 1 heterocycles. The van der Waals surface area contributed by atoms with Gasteiger partial charge in [0.2, 0.25) is 0 Å². The van der Waals surface area contributed by atoms with Crippen LogP contribution in [0.15, 0.2) is 11.4 Å². The van der Waals surface area contributed by atoms with Crippen molar-refractivity contribution >= 4 is 29.9 Å². The Labute approximate surface area is 73.6 Å². The molecule has 0 aliphatic heterocycles. The molecule has 0 spiro atoms. The molecule has 0 aliphatic rings. The van der Waals surface area contributed by atoms with E-state index in [0.29, 0.717) is 10.3 Å². The minimum Gasteiger partial charge on any atom is -0.465 e. The molecule has 4 nitrogen and oxygen atoms in total. The second kappa shape index (κ2) is 3.71. The molecule has 0 unspecified atom stereocenters. The van der Waals surface area contributed by atoms with Crippen LogP contribution in [0.4, 0.5) is 0 Å². The summed E-state index contributed by atoms with van der Waals surface area (Å²) in [5.41, 5.74) is 0.306. The lowest BCUT2D eigenvalue weighted by molar-refractivity contribution is 0.0606. The van der Waals surface area contributed by atoms with Gasteiger partial charge in [-0.3, -0.25) is 0 Å². The number of esters is 1. The molecule has 1 aromatic heterocycles. The lowest BCUT2D eigenvalue weighted by Gasteiger charge is -1.92. The van der Waals surface area contributed by atoms with Gasteiger partial charge in [-0.1, -0.05) is 0 Å². The van der Waals surface area contributed by atoms with Crippen molar-refractivity contribution in [1.82, 2.24) is 0 Å². The van der Waals surface area contributed by atoms with Crippen LogP contribution in [-0.2, 0) is 4.74 Å². The van der Waals surface area contributed by atoms with E-state index in [9.17, 15) is 4.79 Å². The van der Waals surface area contributed by atoms with Gasteiger partial charge in [-0.2, -0.15) is 0 Å². The Morgan fingerprint density at radius 2 is 2.33 bits per heavy atom. The van der Waals surface area contributed by atoms with Gasteiger partial charge in [0, 0.05) is 0 Å². The predicted molar refractivity (Wildman–Crippen MR) is 45.5 cm³/mol. The summed E-state index contributed by atoms with van der Waals surface area (Å²) in [5, 5.41) is 18.9. The van der Waals surface area contributed by atoms with E-state index in [1.165, 1.54) is 18.6 Å². The van der Waals surface area contributed by atoms with Crippen molar-refractivity contribution in [2.75, 3.05) is 7.11 Å². The SMILES string of the molecule is COC(=O)c1cc(B(O)O)cs1. The first-order chi connectivity index (χ1) is 5.65. The first-order valence-corrected chi connectivity index (χ1v) is 4.06. The third-order valence-corrected chi connectivity index (χ3v) is 2.23. The summed E-state index contributed by atoms with van der Waals surface area (Å²) < 4.78 is 4.44. The highest BCUT2D eigenvalue weighted by Crippen LogP contribution is 2.08. The van der Waals surface area contributed by atoms with Crippen LogP contribution >= 0.6 is 11.3 Å². The molecule has 0 aromatic carbocycles. The summed E-state index contributed by atoms with van der Waals surface area (Å²) in [4.78, 5) is 11.2. The molecule has 0 atom stereocenters. The first-order valence-electron chi connectivity index (χ1n) is 3.18. The van der Waals surface area contributed by atoms with Gasteiger partial charge in [-0.25, -0.2) is 4.79 Å². The molecule has 0 saturated heterocycles. The average molecular weight is 186 g/mol. The van der Waals surface area contributed by atoms with E-state index in [4.69, 9.17) is 10.0 Å². The fourth-order valence-electron chi connectivity index (χ4n) is 0.694. The quantitative estimate of drug-likeness (QED) is 0.469. The number of rotatable bonds is 2. The van der Waals surface area contributed by atoms with Crippen LogP contribution in [0.3, 0.4) is 0 Å². The zero-order valence-corrected chi connectivity index (χ0v) is 7.17. The fourth-order valence-corrected chi connectivity index (χ4v) is 1.53. The van der Waals surface area contributed by atoms with Crippen LogP contribution in [0.1, 0.15) is 9.67 Å². The van der Waals surface area contributed by atoms with Gasteiger partial charge in [-0.05, 0) is 16.9 Å². The second-order valence-corrected chi connectivity index (χ2v) is 3.02. The molecule has 0 fully saturated rings. The second-order valence-electron chi connectivity index (χ2n) is 2.11. The largest absolute Gasteiger partial charge is 0.489 e. The van der Waals surface area contributed by atoms with Gasteiger partial charge in [0.25, 0.3) is 0 Å². The van der Waals surface area contributed by atoms with E-state index >= 15 is 0 Å². The maximum Gasteiger partial charge on any atom is 0.489 e. The summed E-state index contributed by atoms with van der Waals surface area (Å²) >= 11 is 1.12. The third-order valence-electron chi connectivity index (χ3n) is 1.30. The number of carbonyl (C=O) groups is 1. The molecular formula is C6H7BO4S. The molecule has 64 valence electrons. The minimum absolute atomic E-state index is 0.306. The molecule has 6 heteroatoms. The van der Waals surface area contributed by atoms with Crippen molar-refractivity contribution in [3.63, 3.8) is 0 Å². The lowest BCUT2D eigenvalue weighted by Crippen LogP contribution is -2.28. The number of ether oxygens (including phenoxy) is 1. The Morgan fingerprint density at radius 1 is 1.67 bits per heavy atom. The highest BCUT2D eigenvalue weighted by molar-refractivity contribution is 7.13. The Balaban J connectivity index is 2.84. The smallest absolute Gasteiger partial charge is 0.465 e. The van der Waals surface area contributed by atoms with E-state index in [0.717, 1.165) is 11.3 Å². The van der Waals surface area contributed by atoms with Gasteiger partial charge < -0.3 is 14.8 Å². The molecule has 0 aliphatic carbocycles. The van der Waals surface area contributed by atoms with E-state index in [-0.39, 0.29) is 0 Å². The molecule has 1 rings (SSSR count). The lowest BCUT2D eigenvalue weighted by atomic mass is 9.83. The van der Waals surface area contributed by atoms with Crippen LogP contribution in [0, 0.1) is 0 Å². The Kier molecular flexibility index (Phi) is 2.85. The molecule has 0 bridgehead atoms.